The third-order valence-electron chi connectivity index (χ3n) is 4.51. The number of imidazole rings is 1. The summed E-state index contributed by atoms with van der Waals surface area (Å²) in [6.07, 6.45) is 7.34. The molecule has 1 saturated heterocycles. The molecule has 1 aliphatic rings. The molecule has 0 spiro atoms. The highest BCUT2D eigenvalue weighted by Crippen LogP contribution is 2.28. The van der Waals surface area contributed by atoms with Crippen molar-refractivity contribution in [2.75, 3.05) is 13.1 Å². The van der Waals surface area contributed by atoms with Crippen molar-refractivity contribution in [3.63, 3.8) is 0 Å². The van der Waals surface area contributed by atoms with Crippen molar-refractivity contribution >= 4 is 10.0 Å². The summed E-state index contributed by atoms with van der Waals surface area (Å²) in [6, 6.07) is 5.85. The SMILES string of the molecule is CC(C)S(=O)(=O)N1CCCC(c2nccn2Cc2ccccn2)C1. The van der Waals surface area contributed by atoms with E-state index in [2.05, 4.69) is 14.5 Å². The van der Waals surface area contributed by atoms with Gasteiger partial charge in [-0.25, -0.2) is 17.7 Å². The quantitative estimate of drug-likeness (QED) is 0.831. The zero-order chi connectivity index (χ0) is 17.2. The van der Waals surface area contributed by atoms with E-state index in [0.717, 1.165) is 24.4 Å². The summed E-state index contributed by atoms with van der Waals surface area (Å²) in [5.41, 5.74) is 0.971. The number of aromatic nitrogens is 3. The summed E-state index contributed by atoms with van der Waals surface area (Å²) in [7, 11) is -3.21. The Kier molecular flexibility index (Phi) is 5.01. The first-order chi connectivity index (χ1) is 11.5. The average molecular weight is 348 g/mol. The van der Waals surface area contributed by atoms with Crippen LogP contribution in [-0.2, 0) is 16.6 Å². The second-order valence-electron chi connectivity index (χ2n) is 6.53. The van der Waals surface area contributed by atoms with Gasteiger partial charge in [0.25, 0.3) is 0 Å². The Morgan fingerprint density at radius 3 is 2.79 bits per heavy atom. The summed E-state index contributed by atoms with van der Waals surface area (Å²) >= 11 is 0. The molecule has 7 heteroatoms. The van der Waals surface area contributed by atoms with E-state index in [0.29, 0.717) is 19.6 Å². The molecule has 0 bridgehead atoms. The number of nitrogens with zero attached hydrogens (tertiary/aromatic N) is 4. The molecule has 0 aromatic carbocycles. The van der Waals surface area contributed by atoms with Crippen molar-refractivity contribution in [1.29, 1.82) is 0 Å². The molecule has 1 fully saturated rings. The Morgan fingerprint density at radius 2 is 2.08 bits per heavy atom. The van der Waals surface area contributed by atoms with E-state index in [1.807, 2.05) is 24.4 Å². The van der Waals surface area contributed by atoms with E-state index in [-0.39, 0.29) is 11.2 Å². The summed E-state index contributed by atoms with van der Waals surface area (Å²) in [5.74, 6) is 1.08. The molecule has 3 rings (SSSR count). The van der Waals surface area contributed by atoms with Crippen LogP contribution in [-0.4, -0.2) is 45.6 Å². The van der Waals surface area contributed by atoms with E-state index < -0.39 is 10.0 Å². The number of rotatable bonds is 5. The van der Waals surface area contributed by atoms with Gasteiger partial charge < -0.3 is 4.57 Å². The second kappa shape index (κ2) is 7.03. The molecule has 0 amide bonds. The van der Waals surface area contributed by atoms with Gasteiger partial charge in [-0.05, 0) is 38.8 Å². The van der Waals surface area contributed by atoms with Crippen LogP contribution in [0.25, 0.3) is 0 Å². The Hall–Kier alpha value is -1.73. The molecule has 1 atom stereocenters. The Morgan fingerprint density at radius 1 is 1.25 bits per heavy atom. The first-order valence-corrected chi connectivity index (χ1v) is 9.88. The van der Waals surface area contributed by atoms with Crippen LogP contribution in [0.1, 0.15) is 44.1 Å². The molecule has 6 nitrogen and oxygen atoms in total. The van der Waals surface area contributed by atoms with Gasteiger partial charge in [-0.15, -0.1) is 0 Å². The monoisotopic (exact) mass is 348 g/mol. The largest absolute Gasteiger partial charge is 0.329 e. The number of hydrogen-bond donors (Lipinski definition) is 0. The maximum Gasteiger partial charge on any atom is 0.216 e. The summed E-state index contributed by atoms with van der Waals surface area (Å²) in [4.78, 5) is 8.87. The highest BCUT2D eigenvalue weighted by Gasteiger charge is 2.33. The fraction of sp³-hybridized carbons (Fsp3) is 0.529. The number of hydrogen-bond acceptors (Lipinski definition) is 4. The van der Waals surface area contributed by atoms with Gasteiger partial charge in [0, 0.05) is 37.6 Å². The molecule has 2 aromatic rings. The van der Waals surface area contributed by atoms with Crippen molar-refractivity contribution in [3.05, 3.63) is 48.3 Å². The summed E-state index contributed by atoms with van der Waals surface area (Å²) in [6.45, 7) is 5.25. The molecule has 3 heterocycles. The third kappa shape index (κ3) is 3.52. The highest BCUT2D eigenvalue weighted by molar-refractivity contribution is 7.89. The van der Waals surface area contributed by atoms with E-state index in [1.54, 1.807) is 30.5 Å². The Balaban J connectivity index is 1.79. The molecule has 2 aromatic heterocycles. The van der Waals surface area contributed by atoms with Gasteiger partial charge >= 0.3 is 0 Å². The van der Waals surface area contributed by atoms with Gasteiger partial charge in [0.05, 0.1) is 17.5 Å². The molecule has 0 saturated carbocycles. The molecular weight excluding hydrogens is 324 g/mol. The van der Waals surface area contributed by atoms with Gasteiger partial charge in [-0.3, -0.25) is 4.98 Å². The van der Waals surface area contributed by atoms with Crippen LogP contribution in [0.3, 0.4) is 0 Å². The molecule has 24 heavy (non-hydrogen) atoms. The lowest BCUT2D eigenvalue weighted by Crippen LogP contribution is -2.42. The number of sulfonamides is 1. The van der Waals surface area contributed by atoms with Crippen LogP contribution >= 0.6 is 0 Å². The highest BCUT2D eigenvalue weighted by atomic mass is 32.2. The molecular formula is C17H24N4O2S. The number of pyridine rings is 1. The first-order valence-electron chi connectivity index (χ1n) is 8.38. The van der Waals surface area contributed by atoms with E-state index in [4.69, 9.17) is 0 Å². The van der Waals surface area contributed by atoms with E-state index >= 15 is 0 Å². The predicted molar refractivity (Wildman–Crippen MR) is 93.2 cm³/mol. The van der Waals surface area contributed by atoms with Crippen molar-refractivity contribution in [2.45, 2.75) is 44.4 Å². The van der Waals surface area contributed by atoms with Crippen LogP contribution in [0.2, 0.25) is 0 Å². The zero-order valence-corrected chi connectivity index (χ0v) is 15.0. The first kappa shape index (κ1) is 17.1. The maximum atomic E-state index is 12.5. The van der Waals surface area contributed by atoms with Gasteiger partial charge in [0.15, 0.2) is 0 Å². The van der Waals surface area contributed by atoms with Crippen molar-refractivity contribution in [2.24, 2.45) is 0 Å². The van der Waals surface area contributed by atoms with Gasteiger partial charge in [0.2, 0.25) is 10.0 Å². The van der Waals surface area contributed by atoms with Gasteiger partial charge in [-0.1, -0.05) is 6.07 Å². The average Bonchev–Trinajstić information content (AvgIpc) is 3.04. The molecule has 0 N–H and O–H groups in total. The minimum atomic E-state index is -3.21. The lowest BCUT2D eigenvalue weighted by Gasteiger charge is -2.33. The van der Waals surface area contributed by atoms with E-state index in [9.17, 15) is 8.42 Å². The lowest BCUT2D eigenvalue weighted by atomic mass is 9.99. The fourth-order valence-electron chi connectivity index (χ4n) is 3.16. The molecule has 130 valence electrons. The topological polar surface area (TPSA) is 68.1 Å². The summed E-state index contributed by atoms with van der Waals surface area (Å²) in [5, 5.41) is -0.385. The van der Waals surface area contributed by atoms with Crippen LogP contribution < -0.4 is 0 Å². The minimum Gasteiger partial charge on any atom is -0.329 e. The normalized spacial score (nSPS) is 19.7. The second-order valence-corrected chi connectivity index (χ2v) is 9.01. The Labute approximate surface area is 143 Å². The lowest BCUT2D eigenvalue weighted by molar-refractivity contribution is 0.303. The molecule has 0 aliphatic carbocycles. The maximum absolute atomic E-state index is 12.5. The minimum absolute atomic E-state index is 0.131. The molecule has 1 aliphatic heterocycles. The Bertz CT molecular complexity index is 771. The van der Waals surface area contributed by atoms with Crippen LogP contribution in [0.5, 0.6) is 0 Å². The standard InChI is InChI=1S/C17H24N4O2S/c1-14(2)24(22,23)21-10-5-6-15(12-21)17-19-9-11-20(17)13-16-7-3-4-8-18-16/h3-4,7-9,11,14-15H,5-6,10,12-13H2,1-2H3. The van der Waals surface area contributed by atoms with Crippen LogP contribution in [0, 0.1) is 0 Å². The fourth-order valence-corrected chi connectivity index (χ4v) is 4.53. The van der Waals surface area contributed by atoms with Gasteiger partial charge in [0.1, 0.15) is 5.82 Å². The molecule has 0 radical (unpaired) electrons. The van der Waals surface area contributed by atoms with Crippen LogP contribution in [0.15, 0.2) is 36.8 Å². The predicted octanol–water partition coefficient (Wildman–Crippen LogP) is 2.24. The number of piperidine rings is 1. The summed E-state index contributed by atoms with van der Waals surface area (Å²) < 4.78 is 28.6. The van der Waals surface area contributed by atoms with Crippen molar-refractivity contribution < 1.29 is 8.42 Å². The van der Waals surface area contributed by atoms with Crippen molar-refractivity contribution in [1.82, 2.24) is 18.8 Å². The van der Waals surface area contributed by atoms with E-state index in [1.165, 1.54) is 0 Å². The third-order valence-corrected chi connectivity index (χ3v) is 6.75. The zero-order valence-electron chi connectivity index (χ0n) is 14.2. The smallest absolute Gasteiger partial charge is 0.216 e. The molecule has 1 unspecified atom stereocenters. The van der Waals surface area contributed by atoms with Crippen LogP contribution in [0.4, 0.5) is 0 Å². The van der Waals surface area contributed by atoms with Gasteiger partial charge in [-0.2, -0.15) is 0 Å². The van der Waals surface area contributed by atoms with Crippen molar-refractivity contribution in [3.8, 4) is 0 Å².